The molecule has 0 spiro atoms. The third-order valence-corrected chi connectivity index (χ3v) is 5.07. The highest BCUT2D eigenvalue weighted by Gasteiger charge is 2.30. The van der Waals surface area contributed by atoms with Gasteiger partial charge in [0, 0.05) is 9.35 Å². The van der Waals surface area contributed by atoms with Gasteiger partial charge in [0.25, 0.3) is 0 Å². The highest BCUT2D eigenvalue weighted by molar-refractivity contribution is 9.13. The molecule has 0 saturated heterocycles. The Morgan fingerprint density at radius 2 is 2.31 bits per heavy atom. The number of halogens is 3. The summed E-state index contributed by atoms with van der Waals surface area (Å²) >= 11 is 7.60. The Balaban J connectivity index is 2.77. The van der Waals surface area contributed by atoms with Crippen molar-refractivity contribution in [3.05, 3.63) is 19.2 Å². The van der Waals surface area contributed by atoms with Crippen LogP contribution in [0.25, 0.3) is 0 Å². The lowest BCUT2D eigenvalue weighted by Crippen LogP contribution is -2.25. The Kier molecular flexibility index (Phi) is 5.36. The molecule has 0 aliphatic rings. The van der Waals surface area contributed by atoms with E-state index in [1.54, 1.807) is 13.0 Å². The fourth-order valence-electron chi connectivity index (χ4n) is 1.00. The maximum absolute atomic E-state index is 13.5. The SMILES string of the molecule is CCOC(=O)C(F)C(O)c1cc(Br)c(Br)s1. The van der Waals surface area contributed by atoms with Gasteiger partial charge in [-0.05, 0) is 44.8 Å². The van der Waals surface area contributed by atoms with Gasteiger partial charge in [-0.25, -0.2) is 9.18 Å². The van der Waals surface area contributed by atoms with Gasteiger partial charge in [-0.1, -0.05) is 0 Å². The molecule has 0 aromatic carbocycles. The van der Waals surface area contributed by atoms with E-state index in [1.807, 2.05) is 0 Å². The van der Waals surface area contributed by atoms with Crippen LogP contribution in [0.4, 0.5) is 4.39 Å². The van der Waals surface area contributed by atoms with E-state index in [1.165, 1.54) is 0 Å². The van der Waals surface area contributed by atoms with E-state index in [-0.39, 0.29) is 6.61 Å². The van der Waals surface area contributed by atoms with Crippen molar-refractivity contribution in [1.29, 1.82) is 0 Å². The summed E-state index contributed by atoms with van der Waals surface area (Å²) in [7, 11) is 0. The molecule has 0 bridgehead atoms. The first kappa shape index (κ1) is 14.1. The highest BCUT2D eigenvalue weighted by atomic mass is 79.9. The van der Waals surface area contributed by atoms with Gasteiger partial charge in [0.05, 0.1) is 10.4 Å². The summed E-state index contributed by atoms with van der Waals surface area (Å²) in [6.45, 7) is 1.67. The first-order valence-electron chi connectivity index (χ1n) is 4.40. The third-order valence-electron chi connectivity index (χ3n) is 1.74. The van der Waals surface area contributed by atoms with E-state index in [9.17, 15) is 14.3 Å². The van der Waals surface area contributed by atoms with E-state index in [2.05, 4.69) is 36.6 Å². The number of hydrogen-bond acceptors (Lipinski definition) is 4. The molecule has 0 amide bonds. The molecule has 1 aromatic heterocycles. The molecule has 0 aliphatic carbocycles. The largest absolute Gasteiger partial charge is 0.464 e. The van der Waals surface area contributed by atoms with Crippen LogP contribution in [-0.2, 0) is 9.53 Å². The predicted octanol–water partition coefficient (Wildman–Crippen LogP) is 3.21. The van der Waals surface area contributed by atoms with E-state index < -0.39 is 18.2 Å². The van der Waals surface area contributed by atoms with Gasteiger partial charge in [0.15, 0.2) is 0 Å². The fourth-order valence-corrected chi connectivity index (χ4v) is 3.10. The highest BCUT2D eigenvalue weighted by Crippen LogP contribution is 2.37. The Labute approximate surface area is 113 Å². The summed E-state index contributed by atoms with van der Waals surface area (Å²) in [4.78, 5) is 11.4. The monoisotopic (exact) mass is 374 g/mol. The minimum atomic E-state index is -2.06. The van der Waals surface area contributed by atoms with E-state index in [0.29, 0.717) is 9.35 Å². The summed E-state index contributed by atoms with van der Waals surface area (Å²) in [6, 6.07) is 1.56. The van der Waals surface area contributed by atoms with Crippen LogP contribution in [0, 0.1) is 0 Å². The normalized spacial score (nSPS) is 14.6. The van der Waals surface area contributed by atoms with Crippen LogP contribution in [0.1, 0.15) is 17.9 Å². The van der Waals surface area contributed by atoms with E-state index >= 15 is 0 Å². The maximum Gasteiger partial charge on any atom is 0.343 e. The second-order valence-electron chi connectivity index (χ2n) is 2.87. The standard InChI is InChI=1S/C9H9Br2FO3S/c1-2-15-9(14)6(12)7(13)5-3-4(10)8(11)16-5/h3,6-7,13H,2H2,1H3. The summed E-state index contributed by atoms with van der Waals surface area (Å²) in [6.07, 6.45) is -3.55. The zero-order valence-corrected chi connectivity index (χ0v) is 12.2. The zero-order chi connectivity index (χ0) is 12.3. The Morgan fingerprint density at radius 3 is 2.75 bits per heavy atom. The van der Waals surface area contributed by atoms with Gasteiger partial charge >= 0.3 is 5.97 Å². The molecule has 1 aromatic rings. The number of aliphatic hydroxyl groups excluding tert-OH is 1. The van der Waals surface area contributed by atoms with Gasteiger partial charge < -0.3 is 9.84 Å². The van der Waals surface area contributed by atoms with Crippen molar-refractivity contribution in [2.45, 2.75) is 19.2 Å². The van der Waals surface area contributed by atoms with Crippen LogP contribution in [0.2, 0.25) is 0 Å². The average molecular weight is 376 g/mol. The Hall–Kier alpha value is 0.0200. The number of carbonyl (C=O) groups excluding carboxylic acids is 1. The topological polar surface area (TPSA) is 46.5 Å². The molecule has 1 rings (SSSR count). The first-order chi connectivity index (χ1) is 7.47. The van der Waals surface area contributed by atoms with Gasteiger partial charge in [-0.2, -0.15) is 0 Å². The van der Waals surface area contributed by atoms with Crippen molar-refractivity contribution in [1.82, 2.24) is 0 Å². The van der Waals surface area contributed by atoms with Crippen LogP contribution in [0.3, 0.4) is 0 Å². The number of aliphatic hydroxyl groups is 1. The molecule has 2 atom stereocenters. The predicted molar refractivity (Wildman–Crippen MR) is 66.2 cm³/mol. The van der Waals surface area contributed by atoms with Gasteiger partial charge in [0.2, 0.25) is 6.17 Å². The van der Waals surface area contributed by atoms with Crippen molar-refractivity contribution in [2.24, 2.45) is 0 Å². The van der Waals surface area contributed by atoms with Crippen LogP contribution in [0.5, 0.6) is 0 Å². The quantitative estimate of drug-likeness (QED) is 0.822. The van der Waals surface area contributed by atoms with Gasteiger partial charge in [-0.3, -0.25) is 0 Å². The molecule has 0 radical (unpaired) electrons. The summed E-state index contributed by atoms with van der Waals surface area (Å²) < 4.78 is 19.4. The second kappa shape index (κ2) is 6.09. The lowest BCUT2D eigenvalue weighted by atomic mass is 10.2. The molecule has 2 unspecified atom stereocenters. The number of alkyl halides is 1. The minimum Gasteiger partial charge on any atom is -0.464 e. The van der Waals surface area contributed by atoms with Crippen LogP contribution in [0.15, 0.2) is 14.3 Å². The smallest absolute Gasteiger partial charge is 0.343 e. The van der Waals surface area contributed by atoms with E-state index in [0.717, 1.165) is 15.1 Å². The lowest BCUT2D eigenvalue weighted by Gasteiger charge is -2.12. The van der Waals surface area contributed by atoms with Crippen molar-refractivity contribution in [2.75, 3.05) is 6.61 Å². The number of hydrogen-bond donors (Lipinski definition) is 1. The third kappa shape index (κ3) is 3.26. The average Bonchev–Trinajstić information content (AvgIpc) is 2.57. The molecule has 0 saturated carbocycles. The fraction of sp³-hybridized carbons (Fsp3) is 0.444. The molecule has 0 fully saturated rings. The summed E-state index contributed by atoms with van der Waals surface area (Å²) in [5.74, 6) is -1.05. The molecule has 0 aliphatic heterocycles. The summed E-state index contributed by atoms with van der Waals surface area (Å²) in [5, 5.41) is 9.62. The Bertz CT molecular complexity index is 363. The number of rotatable bonds is 4. The number of thiophene rings is 1. The number of esters is 1. The second-order valence-corrected chi connectivity index (χ2v) is 6.13. The lowest BCUT2D eigenvalue weighted by molar-refractivity contribution is -0.153. The Morgan fingerprint density at radius 1 is 1.69 bits per heavy atom. The van der Waals surface area contributed by atoms with Gasteiger partial charge in [0.1, 0.15) is 6.10 Å². The van der Waals surface area contributed by atoms with Crippen LogP contribution in [-0.4, -0.2) is 23.9 Å². The zero-order valence-electron chi connectivity index (χ0n) is 8.25. The minimum absolute atomic E-state index is 0.0871. The molecule has 90 valence electrons. The van der Waals surface area contributed by atoms with E-state index in [4.69, 9.17) is 0 Å². The maximum atomic E-state index is 13.5. The van der Waals surface area contributed by atoms with Crippen molar-refractivity contribution in [3.8, 4) is 0 Å². The molecule has 7 heteroatoms. The van der Waals surface area contributed by atoms with Crippen LogP contribution < -0.4 is 0 Å². The molecule has 1 heterocycles. The van der Waals surface area contributed by atoms with Crippen molar-refractivity contribution in [3.63, 3.8) is 0 Å². The molecule has 1 N–H and O–H groups in total. The molecular formula is C9H9Br2FO3S. The van der Waals surface area contributed by atoms with Crippen LogP contribution >= 0.6 is 43.2 Å². The molecular weight excluding hydrogens is 367 g/mol. The molecule has 3 nitrogen and oxygen atoms in total. The number of ether oxygens (including phenoxy) is 1. The summed E-state index contributed by atoms with van der Waals surface area (Å²) in [5.41, 5.74) is 0. The molecule has 16 heavy (non-hydrogen) atoms. The number of carbonyl (C=O) groups is 1. The van der Waals surface area contributed by atoms with Crippen molar-refractivity contribution < 1.29 is 19.0 Å². The van der Waals surface area contributed by atoms with Gasteiger partial charge in [-0.15, -0.1) is 11.3 Å². The van der Waals surface area contributed by atoms with Crippen molar-refractivity contribution >= 4 is 49.2 Å². The first-order valence-corrected chi connectivity index (χ1v) is 6.81.